The highest BCUT2D eigenvalue weighted by Crippen LogP contribution is 2.33. The van der Waals surface area contributed by atoms with Crippen LogP contribution in [-0.4, -0.2) is 7.11 Å². The lowest BCUT2D eigenvalue weighted by Crippen LogP contribution is -2.10. The molecule has 0 aliphatic rings. The molecule has 0 amide bonds. The summed E-state index contributed by atoms with van der Waals surface area (Å²) >= 11 is 11.0. The molecule has 1 atom stereocenters. The Balaban J connectivity index is 2.34. The van der Waals surface area contributed by atoms with Crippen molar-refractivity contribution in [3.63, 3.8) is 0 Å². The van der Waals surface area contributed by atoms with Crippen LogP contribution in [0.2, 0.25) is 5.02 Å². The lowest BCUT2D eigenvalue weighted by Gasteiger charge is -2.12. The Morgan fingerprint density at radius 1 is 1.35 bits per heavy atom. The highest BCUT2D eigenvalue weighted by Gasteiger charge is 2.13. The van der Waals surface area contributed by atoms with Crippen molar-refractivity contribution in [2.24, 2.45) is 5.73 Å². The first-order chi connectivity index (χ1) is 8.11. The molecule has 2 rings (SSSR count). The molecule has 0 saturated heterocycles. The topological polar surface area (TPSA) is 35.2 Å². The monoisotopic (exact) mass is 331 g/mol. The van der Waals surface area contributed by atoms with Crippen molar-refractivity contribution < 1.29 is 4.74 Å². The predicted molar refractivity (Wildman–Crippen MR) is 76.1 cm³/mol. The van der Waals surface area contributed by atoms with Gasteiger partial charge in [0.25, 0.3) is 0 Å². The Hall–Kier alpha value is -0.550. The Morgan fingerprint density at radius 2 is 2.12 bits per heavy atom. The third-order valence-corrected chi connectivity index (χ3v) is 4.45. The zero-order valence-electron chi connectivity index (χ0n) is 9.11. The maximum Gasteiger partial charge on any atom is 0.137 e. The number of ether oxygens (including phenoxy) is 1. The summed E-state index contributed by atoms with van der Waals surface area (Å²) in [4.78, 5) is 1.10. The first-order valence-corrected chi connectivity index (χ1v) is 6.95. The fourth-order valence-electron chi connectivity index (χ4n) is 1.53. The number of methoxy groups -OCH3 is 1. The van der Waals surface area contributed by atoms with E-state index in [9.17, 15) is 0 Å². The Kier molecular flexibility index (Phi) is 4.09. The maximum atomic E-state index is 6.19. The minimum absolute atomic E-state index is 0.155. The average molecular weight is 333 g/mol. The van der Waals surface area contributed by atoms with Gasteiger partial charge in [-0.1, -0.05) is 17.7 Å². The second kappa shape index (κ2) is 5.40. The first kappa shape index (κ1) is 12.9. The van der Waals surface area contributed by atoms with E-state index >= 15 is 0 Å². The molecule has 0 aliphatic heterocycles. The SMILES string of the molecule is COc1cc(C(N)c2ccc(Br)s2)ccc1Cl. The van der Waals surface area contributed by atoms with Crippen LogP contribution in [0.15, 0.2) is 34.1 Å². The second-order valence-electron chi connectivity index (χ2n) is 3.51. The second-order valence-corrected chi connectivity index (χ2v) is 6.42. The third-order valence-electron chi connectivity index (χ3n) is 2.43. The molecule has 0 fully saturated rings. The van der Waals surface area contributed by atoms with Crippen molar-refractivity contribution in [2.45, 2.75) is 6.04 Å². The number of rotatable bonds is 3. The number of hydrogen-bond donors (Lipinski definition) is 1. The van der Waals surface area contributed by atoms with Gasteiger partial charge in [0, 0.05) is 4.88 Å². The van der Waals surface area contributed by atoms with E-state index in [0.29, 0.717) is 10.8 Å². The molecule has 1 heterocycles. The van der Waals surface area contributed by atoms with E-state index in [-0.39, 0.29) is 6.04 Å². The zero-order chi connectivity index (χ0) is 12.4. The molecule has 0 bridgehead atoms. The van der Waals surface area contributed by atoms with Gasteiger partial charge in [0.05, 0.1) is 22.0 Å². The summed E-state index contributed by atoms with van der Waals surface area (Å²) in [7, 11) is 1.60. The van der Waals surface area contributed by atoms with E-state index < -0.39 is 0 Å². The molecular weight excluding hydrogens is 322 g/mol. The molecular formula is C12H11BrClNOS. The van der Waals surface area contributed by atoms with E-state index in [1.54, 1.807) is 24.5 Å². The smallest absolute Gasteiger partial charge is 0.137 e. The van der Waals surface area contributed by atoms with Crippen LogP contribution >= 0.6 is 38.9 Å². The lowest BCUT2D eigenvalue weighted by atomic mass is 10.1. The molecule has 90 valence electrons. The van der Waals surface area contributed by atoms with Crippen molar-refractivity contribution in [1.82, 2.24) is 0 Å². The highest BCUT2D eigenvalue weighted by molar-refractivity contribution is 9.11. The van der Waals surface area contributed by atoms with E-state index in [1.165, 1.54) is 0 Å². The van der Waals surface area contributed by atoms with Gasteiger partial charge in [-0.2, -0.15) is 0 Å². The van der Waals surface area contributed by atoms with Crippen LogP contribution in [0.1, 0.15) is 16.5 Å². The summed E-state index contributed by atoms with van der Waals surface area (Å²) in [6.45, 7) is 0. The van der Waals surface area contributed by atoms with E-state index in [4.69, 9.17) is 22.1 Å². The minimum atomic E-state index is -0.155. The Labute approximate surface area is 117 Å². The molecule has 0 spiro atoms. The van der Waals surface area contributed by atoms with Crippen LogP contribution in [-0.2, 0) is 0 Å². The Bertz CT molecular complexity index is 529. The van der Waals surface area contributed by atoms with Crippen LogP contribution in [0.25, 0.3) is 0 Å². The van der Waals surface area contributed by atoms with Crippen LogP contribution in [0.3, 0.4) is 0 Å². The third kappa shape index (κ3) is 2.83. The molecule has 0 aliphatic carbocycles. The summed E-state index contributed by atoms with van der Waals surface area (Å²) < 4.78 is 6.26. The van der Waals surface area contributed by atoms with E-state index in [0.717, 1.165) is 14.2 Å². The highest BCUT2D eigenvalue weighted by atomic mass is 79.9. The molecule has 1 unspecified atom stereocenters. The van der Waals surface area contributed by atoms with Gasteiger partial charge in [-0.3, -0.25) is 0 Å². The molecule has 0 saturated carbocycles. The van der Waals surface area contributed by atoms with Crippen molar-refractivity contribution in [1.29, 1.82) is 0 Å². The van der Waals surface area contributed by atoms with Gasteiger partial charge in [0.2, 0.25) is 0 Å². The summed E-state index contributed by atoms with van der Waals surface area (Å²) in [6.07, 6.45) is 0. The van der Waals surface area contributed by atoms with Crippen LogP contribution < -0.4 is 10.5 Å². The van der Waals surface area contributed by atoms with Crippen molar-refractivity contribution in [3.05, 3.63) is 49.6 Å². The molecule has 2 N–H and O–H groups in total. The van der Waals surface area contributed by atoms with Gasteiger partial charge in [-0.25, -0.2) is 0 Å². The average Bonchev–Trinajstić information content (AvgIpc) is 2.75. The van der Waals surface area contributed by atoms with Gasteiger partial charge in [-0.05, 0) is 45.8 Å². The maximum absolute atomic E-state index is 6.19. The summed E-state index contributed by atoms with van der Waals surface area (Å²) in [5, 5.41) is 0.593. The minimum Gasteiger partial charge on any atom is -0.495 e. The van der Waals surface area contributed by atoms with Crippen LogP contribution in [0.4, 0.5) is 0 Å². The normalized spacial score (nSPS) is 12.5. The van der Waals surface area contributed by atoms with E-state index in [2.05, 4.69) is 15.9 Å². The quantitative estimate of drug-likeness (QED) is 0.913. The van der Waals surface area contributed by atoms with E-state index in [1.807, 2.05) is 24.3 Å². The molecule has 0 radical (unpaired) electrons. The van der Waals surface area contributed by atoms with Crippen LogP contribution in [0, 0.1) is 0 Å². The number of halogens is 2. The van der Waals surface area contributed by atoms with Crippen molar-refractivity contribution in [3.8, 4) is 5.75 Å². The Morgan fingerprint density at radius 3 is 2.71 bits per heavy atom. The zero-order valence-corrected chi connectivity index (χ0v) is 12.3. The molecule has 2 nitrogen and oxygen atoms in total. The number of thiophene rings is 1. The summed E-state index contributed by atoms with van der Waals surface area (Å²) in [6, 6.07) is 9.45. The largest absolute Gasteiger partial charge is 0.495 e. The molecule has 2 aromatic rings. The number of nitrogens with two attached hydrogens (primary N) is 1. The van der Waals surface area contributed by atoms with Crippen LogP contribution in [0.5, 0.6) is 5.75 Å². The fourth-order valence-corrected chi connectivity index (χ4v) is 3.18. The van der Waals surface area contributed by atoms with Gasteiger partial charge in [0.1, 0.15) is 5.75 Å². The molecule has 1 aromatic carbocycles. The molecule has 17 heavy (non-hydrogen) atoms. The van der Waals surface area contributed by atoms with Crippen molar-refractivity contribution in [2.75, 3.05) is 7.11 Å². The standard InChI is InChI=1S/C12H11BrClNOS/c1-16-9-6-7(2-3-8(9)14)12(15)10-4-5-11(13)17-10/h2-6,12H,15H2,1H3. The predicted octanol–water partition coefficient (Wildman–Crippen LogP) is 4.22. The summed E-state index contributed by atoms with van der Waals surface area (Å²) in [5.74, 6) is 0.648. The van der Waals surface area contributed by atoms with Gasteiger partial charge in [-0.15, -0.1) is 11.3 Å². The van der Waals surface area contributed by atoms with Gasteiger partial charge < -0.3 is 10.5 Å². The molecule has 5 heteroatoms. The van der Waals surface area contributed by atoms with Gasteiger partial charge >= 0.3 is 0 Å². The van der Waals surface area contributed by atoms with Gasteiger partial charge in [0.15, 0.2) is 0 Å². The van der Waals surface area contributed by atoms with Crippen molar-refractivity contribution >= 4 is 38.9 Å². The summed E-state index contributed by atoms with van der Waals surface area (Å²) in [5.41, 5.74) is 7.18. The number of hydrogen-bond acceptors (Lipinski definition) is 3. The lowest BCUT2D eigenvalue weighted by molar-refractivity contribution is 0.414. The fraction of sp³-hybridized carbons (Fsp3) is 0.167. The molecule has 1 aromatic heterocycles. The first-order valence-electron chi connectivity index (χ1n) is 4.96. The number of benzene rings is 1.